The van der Waals surface area contributed by atoms with Gasteiger partial charge in [0.25, 0.3) is 0 Å². The average Bonchev–Trinajstić information content (AvgIpc) is 2.17. The van der Waals surface area contributed by atoms with Crippen molar-refractivity contribution >= 4 is 17.3 Å². The van der Waals surface area contributed by atoms with E-state index in [1.807, 2.05) is 0 Å². The highest BCUT2D eigenvalue weighted by Gasteiger charge is 2.23. The standard InChI is InChI=1S/C7H4N2O6/c10-6-4(7(11)12)1-3(8-13)2-5(6)9(14)15/h1-2,10H,(H,11,12). The molecule has 0 aromatic heterocycles. The Morgan fingerprint density at radius 1 is 1.47 bits per heavy atom. The molecule has 0 radical (unpaired) electrons. The van der Waals surface area contributed by atoms with Gasteiger partial charge in [-0.2, -0.15) is 0 Å². The number of nitrogens with zero attached hydrogens (tertiary/aromatic N) is 2. The number of hydrogen-bond acceptors (Lipinski definition) is 6. The van der Waals surface area contributed by atoms with Crippen LogP contribution >= 0.6 is 0 Å². The molecule has 8 nitrogen and oxygen atoms in total. The molecule has 0 fully saturated rings. The molecule has 0 saturated carbocycles. The monoisotopic (exact) mass is 212 g/mol. The molecule has 0 aliphatic heterocycles. The molecule has 1 rings (SSSR count). The minimum absolute atomic E-state index is 0.433. The predicted molar refractivity (Wildman–Crippen MR) is 47.2 cm³/mol. The number of nitro groups is 1. The maximum absolute atomic E-state index is 10.5. The van der Waals surface area contributed by atoms with Crippen molar-refractivity contribution in [2.45, 2.75) is 0 Å². The fourth-order valence-electron chi connectivity index (χ4n) is 0.959. The lowest BCUT2D eigenvalue weighted by molar-refractivity contribution is -0.385. The Labute approximate surface area is 81.9 Å². The Morgan fingerprint density at radius 2 is 2.07 bits per heavy atom. The van der Waals surface area contributed by atoms with E-state index < -0.39 is 33.6 Å². The number of rotatable bonds is 3. The van der Waals surface area contributed by atoms with E-state index >= 15 is 0 Å². The van der Waals surface area contributed by atoms with Crippen molar-refractivity contribution in [2.75, 3.05) is 0 Å². The Bertz CT molecular complexity index is 420. The highest BCUT2D eigenvalue weighted by Crippen LogP contribution is 2.34. The van der Waals surface area contributed by atoms with Gasteiger partial charge in [-0.3, -0.25) is 10.1 Å². The van der Waals surface area contributed by atoms with E-state index in [1.165, 1.54) is 0 Å². The summed E-state index contributed by atoms with van der Waals surface area (Å²) in [7, 11) is 0. The highest BCUT2D eigenvalue weighted by atomic mass is 16.6. The van der Waals surface area contributed by atoms with Crippen LogP contribution in [0.25, 0.3) is 0 Å². The van der Waals surface area contributed by atoms with Gasteiger partial charge in [-0.1, -0.05) is 0 Å². The van der Waals surface area contributed by atoms with Crippen molar-refractivity contribution in [3.8, 4) is 5.75 Å². The smallest absolute Gasteiger partial charge is 0.339 e. The molecule has 1 aromatic carbocycles. The van der Waals surface area contributed by atoms with Gasteiger partial charge in [-0.05, 0) is 11.2 Å². The zero-order valence-electron chi connectivity index (χ0n) is 7.08. The molecule has 0 aliphatic rings. The molecule has 0 atom stereocenters. The number of carboxylic acids is 1. The van der Waals surface area contributed by atoms with Gasteiger partial charge >= 0.3 is 11.7 Å². The summed E-state index contributed by atoms with van der Waals surface area (Å²) in [4.78, 5) is 30.0. The van der Waals surface area contributed by atoms with Crippen LogP contribution in [0.1, 0.15) is 10.4 Å². The van der Waals surface area contributed by atoms with E-state index in [2.05, 4.69) is 5.18 Å². The molecular weight excluding hydrogens is 208 g/mol. The minimum Gasteiger partial charge on any atom is -0.501 e. The van der Waals surface area contributed by atoms with Gasteiger partial charge in [0, 0.05) is 6.07 Å². The number of aromatic hydroxyl groups is 1. The van der Waals surface area contributed by atoms with Gasteiger partial charge in [-0.25, -0.2) is 4.79 Å². The maximum Gasteiger partial charge on any atom is 0.339 e. The molecule has 0 saturated heterocycles. The van der Waals surface area contributed by atoms with Crippen LogP contribution in [0.5, 0.6) is 5.75 Å². The quantitative estimate of drug-likeness (QED) is 0.442. The summed E-state index contributed by atoms with van der Waals surface area (Å²) in [6.45, 7) is 0. The van der Waals surface area contributed by atoms with E-state index in [4.69, 9.17) is 5.11 Å². The topological polar surface area (TPSA) is 130 Å². The Morgan fingerprint density at radius 3 is 2.47 bits per heavy atom. The molecule has 1 aromatic rings. The lowest BCUT2D eigenvalue weighted by atomic mass is 10.1. The van der Waals surface area contributed by atoms with Gasteiger partial charge in [0.1, 0.15) is 11.3 Å². The van der Waals surface area contributed by atoms with Crippen LogP contribution in [0.3, 0.4) is 0 Å². The van der Waals surface area contributed by atoms with Crippen molar-refractivity contribution in [3.05, 3.63) is 32.7 Å². The number of aromatic carboxylic acids is 1. The second-order valence-corrected chi connectivity index (χ2v) is 2.51. The molecule has 0 amide bonds. The van der Waals surface area contributed by atoms with Gasteiger partial charge in [-0.15, -0.1) is 4.91 Å². The molecule has 8 heteroatoms. The number of nitro benzene ring substituents is 1. The zero-order valence-corrected chi connectivity index (χ0v) is 7.08. The molecular formula is C7H4N2O6. The van der Waals surface area contributed by atoms with E-state index in [0.717, 1.165) is 6.07 Å². The largest absolute Gasteiger partial charge is 0.501 e. The van der Waals surface area contributed by atoms with E-state index in [0.29, 0.717) is 6.07 Å². The maximum atomic E-state index is 10.5. The van der Waals surface area contributed by atoms with E-state index in [9.17, 15) is 24.9 Å². The second-order valence-electron chi connectivity index (χ2n) is 2.51. The molecule has 0 spiro atoms. The molecule has 0 bridgehead atoms. The van der Waals surface area contributed by atoms with Crippen LogP contribution in [-0.2, 0) is 0 Å². The van der Waals surface area contributed by atoms with Crippen LogP contribution in [0, 0.1) is 15.0 Å². The third-order valence-corrected chi connectivity index (χ3v) is 1.61. The molecule has 0 aliphatic carbocycles. The van der Waals surface area contributed by atoms with Crippen LogP contribution < -0.4 is 0 Å². The molecule has 15 heavy (non-hydrogen) atoms. The number of hydrogen-bond donors (Lipinski definition) is 2. The Kier molecular flexibility index (Phi) is 2.61. The normalized spacial score (nSPS) is 9.60. The van der Waals surface area contributed by atoms with Crippen LogP contribution in [0.15, 0.2) is 17.3 Å². The highest BCUT2D eigenvalue weighted by molar-refractivity contribution is 5.93. The van der Waals surface area contributed by atoms with E-state index in [1.54, 1.807) is 0 Å². The summed E-state index contributed by atoms with van der Waals surface area (Å²) < 4.78 is 0. The Balaban J connectivity index is 3.53. The Hall–Kier alpha value is -2.51. The van der Waals surface area contributed by atoms with Crippen molar-refractivity contribution in [1.82, 2.24) is 0 Å². The first-order valence-electron chi connectivity index (χ1n) is 3.55. The van der Waals surface area contributed by atoms with Gasteiger partial charge in [0.2, 0.25) is 5.75 Å². The molecule has 0 unspecified atom stereocenters. The first-order chi connectivity index (χ1) is 6.97. The summed E-state index contributed by atoms with van der Waals surface area (Å²) in [6, 6.07) is 1.44. The fourth-order valence-corrected chi connectivity index (χ4v) is 0.959. The van der Waals surface area contributed by atoms with Crippen molar-refractivity contribution in [1.29, 1.82) is 0 Å². The lowest BCUT2D eigenvalue weighted by Crippen LogP contribution is -1.99. The number of nitroso groups, excluding NO2 is 1. The molecule has 78 valence electrons. The van der Waals surface area contributed by atoms with Gasteiger partial charge in [0.05, 0.1) is 4.92 Å². The molecule has 2 N–H and O–H groups in total. The minimum atomic E-state index is -1.58. The zero-order chi connectivity index (χ0) is 11.6. The van der Waals surface area contributed by atoms with Crippen molar-refractivity contribution < 1.29 is 19.9 Å². The summed E-state index contributed by atoms with van der Waals surface area (Å²) >= 11 is 0. The summed E-state index contributed by atoms with van der Waals surface area (Å²) in [5.74, 6) is -2.58. The number of carboxylic acid groups (broad SMARTS) is 1. The van der Waals surface area contributed by atoms with Crippen LogP contribution in [0.2, 0.25) is 0 Å². The van der Waals surface area contributed by atoms with Crippen LogP contribution in [0.4, 0.5) is 11.4 Å². The third-order valence-electron chi connectivity index (χ3n) is 1.61. The first kappa shape index (κ1) is 10.6. The molecule has 0 heterocycles. The fraction of sp³-hybridized carbons (Fsp3) is 0. The lowest BCUT2D eigenvalue weighted by Gasteiger charge is -2.00. The number of carbonyl (C=O) groups is 1. The van der Waals surface area contributed by atoms with Crippen LogP contribution in [-0.4, -0.2) is 21.1 Å². The number of phenols is 1. The van der Waals surface area contributed by atoms with Gasteiger partial charge < -0.3 is 10.2 Å². The van der Waals surface area contributed by atoms with E-state index in [-0.39, 0.29) is 0 Å². The summed E-state index contributed by atoms with van der Waals surface area (Å²) in [5, 5.41) is 30.5. The SMILES string of the molecule is O=Nc1cc(C(=O)O)c(O)c([N+](=O)[O-])c1. The van der Waals surface area contributed by atoms with Gasteiger partial charge in [0.15, 0.2) is 0 Å². The number of benzene rings is 1. The third kappa shape index (κ3) is 1.88. The predicted octanol–water partition coefficient (Wildman–Crippen LogP) is 1.40. The average molecular weight is 212 g/mol. The van der Waals surface area contributed by atoms with Crippen molar-refractivity contribution in [2.24, 2.45) is 5.18 Å². The summed E-state index contributed by atoms with van der Waals surface area (Å²) in [5.41, 5.74) is -2.04. The summed E-state index contributed by atoms with van der Waals surface area (Å²) in [6.07, 6.45) is 0. The second kappa shape index (κ2) is 3.70. The first-order valence-corrected chi connectivity index (χ1v) is 3.55. The van der Waals surface area contributed by atoms with Crippen molar-refractivity contribution in [3.63, 3.8) is 0 Å².